The molecule has 0 heterocycles. The molecular weight excluding hydrogens is 395 g/mol. The van der Waals surface area contributed by atoms with Crippen LogP contribution in [-0.2, 0) is 6.61 Å². The van der Waals surface area contributed by atoms with Crippen molar-refractivity contribution in [1.82, 2.24) is 0 Å². The Balaban J connectivity index is 2.16. The average Bonchev–Trinajstić information content (AvgIpc) is 2.37. The number of carbonyl (C=O) groups is 1. The fraction of sp³-hybridized carbons (Fsp3) is 0.0714. The minimum absolute atomic E-state index is 0.0816. The van der Waals surface area contributed by atoms with Crippen molar-refractivity contribution < 1.29 is 19.0 Å². The van der Waals surface area contributed by atoms with Crippen LogP contribution in [-0.4, -0.2) is 11.1 Å². The summed E-state index contributed by atoms with van der Waals surface area (Å²) in [5.41, 5.74) is 0.357. The van der Waals surface area contributed by atoms with Gasteiger partial charge in [0.25, 0.3) is 0 Å². The third-order valence-electron chi connectivity index (χ3n) is 2.49. The number of hydrogen-bond acceptors (Lipinski definition) is 2. The lowest BCUT2D eigenvalue weighted by atomic mass is 10.1. The van der Waals surface area contributed by atoms with Gasteiger partial charge in [0.15, 0.2) is 0 Å². The standard InChI is InChI=1S/C14H9Br2FO3/c15-10-1-2-13(12(16)6-10)20-7-8-3-9(14(18)19)5-11(17)4-8/h1-6H,7H2,(H,18,19). The Morgan fingerprint density at radius 2 is 1.95 bits per heavy atom. The molecular formula is C14H9Br2FO3. The maximum Gasteiger partial charge on any atom is 0.335 e. The molecule has 0 bridgehead atoms. The van der Waals surface area contributed by atoms with E-state index in [1.54, 1.807) is 6.07 Å². The lowest BCUT2D eigenvalue weighted by molar-refractivity contribution is 0.0696. The number of halogens is 3. The topological polar surface area (TPSA) is 46.5 Å². The summed E-state index contributed by atoms with van der Waals surface area (Å²) >= 11 is 6.68. The first kappa shape index (κ1) is 15.0. The van der Waals surface area contributed by atoms with Gasteiger partial charge in [-0.2, -0.15) is 0 Å². The van der Waals surface area contributed by atoms with Crippen LogP contribution >= 0.6 is 31.9 Å². The van der Waals surface area contributed by atoms with Gasteiger partial charge in [-0.1, -0.05) is 15.9 Å². The summed E-state index contributed by atoms with van der Waals surface area (Å²) in [6.45, 7) is 0.0816. The molecule has 6 heteroatoms. The Morgan fingerprint density at radius 3 is 2.60 bits per heavy atom. The first-order valence-electron chi connectivity index (χ1n) is 5.56. The van der Waals surface area contributed by atoms with Gasteiger partial charge < -0.3 is 9.84 Å². The van der Waals surface area contributed by atoms with E-state index in [-0.39, 0.29) is 12.2 Å². The molecule has 1 N–H and O–H groups in total. The monoisotopic (exact) mass is 402 g/mol. The van der Waals surface area contributed by atoms with Crippen molar-refractivity contribution >= 4 is 37.8 Å². The second-order valence-corrected chi connectivity index (χ2v) is 5.79. The van der Waals surface area contributed by atoms with Crippen molar-refractivity contribution in [2.45, 2.75) is 6.61 Å². The van der Waals surface area contributed by atoms with Crippen LogP contribution in [0.2, 0.25) is 0 Å². The van der Waals surface area contributed by atoms with Crippen molar-refractivity contribution in [3.05, 3.63) is 62.3 Å². The van der Waals surface area contributed by atoms with Gasteiger partial charge >= 0.3 is 5.97 Å². The number of carboxylic acids is 1. The lowest BCUT2D eigenvalue weighted by Crippen LogP contribution is -2.02. The summed E-state index contributed by atoms with van der Waals surface area (Å²) in [4.78, 5) is 10.9. The van der Waals surface area contributed by atoms with Crippen LogP contribution in [0, 0.1) is 5.82 Å². The molecule has 0 atom stereocenters. The van der Waals surface area contributed by atoms with E-state index < -0.39 is 11.8 Å². The van der Waals surface area contributed by atoms with Gasteiger partial charge in [0, 0.05) is 4.47 Å². The highest BCUT2D eigenvalue weighted by Crippen LogP contribution is 2.28. The Labute approximate surface area is 131 Å². The number of carboxylic acid groups (broad SMARTS) is 1. The maximum atomic E-state index is 13.3. The summed E-state index contributed by atoms with van der Waals surface area (Å²) in [5, 5.41) is 8.87. The molecule has 0 amide bonds. The van der Waals surface area contributed by atoms with Crippen molar-refractivity contribution in [3.8, 4) is 5.75 Å². The Hall–Kier alpha value is -1.40. The number of rotatable bonds is 4. The molecule has 2 aromatic rings. The molecule has 0 aliphatic carbocycles. The molecule has 20 heavy (non-hydrogen) atoms. The van der Waals surface area contributed by atoms with Crippen molar-refractivity contribution in [1.29, 1.82) is 0 Å². The van der Waals surface area contributed by atoms with Crippen LogP contribution in [0.3, 0.4) is 0 Å². The molecule has 0 aromatic heterocycles. The summed E-state index contributed by atoms with van der Waals surface area (Å²) in [6.07, 6.45) is 0. The van der Waals surface area contributed by atoms with E-state index in [1.165, 1.54) is 12.1 Å². The van der Waals surface area contributed by atoms with E-state index in [4.69, 9.17) is 9.84 Å². The largest absolute Gasteiger partial charge is 0.488 e. The normalized spacial score (nSPS) is 10.3. The van der Waals surface area contributed by atoms with E-state index in [1.807, 2.05) is 12.1 Å². The summed E-state index contributed by atoms with van der Waals surface area (Å²) < 4.78 is 20.5. The quantitative estimate of drug-likeness (QED) is 0.809. The highest BCUT2D eigenvalue weighted by molar-refractivity contribution is 9.11. The minimum atomic E-state index is -1.17. The predicted molar refractivity (Wildman–Crippen MR) is 79.5 cm³/mol. The molecule has 0 radical (unpaired) electrons. The summed E-state index contributed by atoms with van der Waals surface area (Å²) in [7, 11) is 0. The van der Waals surface area contributed by atoms with Gasteiger partial charge in [0.2, 0.25) is 0 Å². The molecule has 0 spiro atoms. The fourth-order valence-corrected chi connectivity index (χ4v) is 2.77. The molecule has 3 nitrogen and oxygen atoms in total. The van der Waals surface area contributed by atoms with Crippen LogP contribution in [0.5, 0.6) is 5.75 Å². The third kappa shape index (κ3) is 3.80. The van der Waals surface area contributed by atoms with E-state index in [0.717, 1.165) is 15.0 Å². The van der Waals surface area contributed by atoms with Gasteiger partial charge in [-0.05, 0) is 57.9 Å². The van der Waals surface area contributed by atoms with Gasteiger partial charge in [0.05, 0.1) is 10.0 Å². The molecule has 0 saturated carbocycles. The van der Waals surface area contributed by atoms with Crippen molar-refractivity contribution in [2.24, 2.45) is 0 Å². The molecule has 0 aliphatic rings. The molecule has 104 valence electrons. The van der Waals surface area contributed by atoms with E-state index in [9.17, 15) is 9.18 Å². The highest BCUT2D eigenvalue weighted by Gasteiger charge is 2.08. The second-order valence-electron chi connectivity index (χ2n) is 4.02. The zero-order valence-corrected chi connectivity index (χ0v) is 13.2. The maximum absolute atomic E-state index is 13.3. The van der Waals surface area contributed by atoms with Gasteiger partial charge in [-0.25, -0.2) is 9.18 Å². The van der Waals surface area contributed by atoms with Crippen molar-refractivity contribution in [3.63, 3.8) is 0 Å². The van der Waals surface area contributed by atoms with Crippen LogP contribution in [0.1, 0.15) is 15.9 Å². The Bertz CT molecular complexity index is 659. The smallest absolute Gasteiger partial charge is 0.335 e. The fourth-order valence-electron chi connectivity index (χ4n) is 1.61. The van der Waals surface area contributed by atoms with E-state index in [0.29, 0.717) is 11.3 Å². The van der Waals surface area contributed by atoms with Gasteiger partial charge in [-0.15, -0.1) is 0 Å². The summed E-state index contributed by atoms with van der Waals surface area (Å²) in [6, 6.07) is 9.00. The summed E-state index contributed by atoms with van der Waals surface area (Å²) in [5.74, 6) is -1.18. The Kier molecular flexibility index (Phi) is 4.77. The average molecular weight is 404 g/mol. The molecule has 2 rings (SSSR count). The van der Waals surface area contributed by atoms with Gasteiger partial charge in [0.1, 0.15) is 18.2 Å². The zero-order valence-electron chi connectivity index (χ0n) is 10.1. The Morgan fingerprint density at radius 1 is 1.20 bits per heavy atom. The number of aromatic carboxylic acids is 1. The zero-order chi connectivity index (χ0) is 14.7. The number of ether oxygens (including phenoxy) is 1. The molecule has 0 saturated heterocycles. The van der Waals surface area contributed by atoms with E-state index >= 15 is 0 Å². The van der Waals surface area contributed by atoms with Crippen LogP contribution in [0.25, 0.3) is 0 Å². The minimum Gasteiger partial charge on any atom is -0.488 e. The number of hydrogen-bond donors (Lipinski definition) is 1. The van der Waals surface area contributed by atoms with Crippen molar-refractivity contribution in [2.75, 3.05) is 0 Å². The number of benzene rings is 2. The molecule has 0 unspecified atom stereocenters. The SMILES string of the molecule is O=C(O)c1cc(F)cc(COc2ccc(Br)cc2Br)c1. The lowest BCUT2D eigenvalue weighted by Gasteiger charge is -2.09. The highest BCUT2D eigenvalue weighted by atomic mass is 79.9. The molecule has 0 fully saturated rings. The van der Waals surface area contributed by atoms with Crippen LogP contribution < -0.4 is 4.74 Å². The molecule has 2 aromatic carbocycles. The molecule has 0 aliphatic heterocycles. The van der Waals surface area contributed by atoms with Gasteiger partial charge in [-0.3, -0.25) is 0 Å². The first-order valence-corrected chi connectivity index (χ1v) is 7.15. The van der Waals surface area contributed by atoms with Crippen LogP contribution in [0.4, 0.5) is 4.39 Å². The first-order chi connectivity index (χ1) is 9.45. The second kappa shape index (κ2) is 6.37. The predicted octanol–water partition coefficient (Wildman–Crippen LogP) is 4.63. The van der Waals surface area contributed by atoms with Crippen LogP contribution in [0.15, 0.2) is 45.3 Å². The van der Waals surface area contributed by atoms with E-state index in [2.05, 4.69) is 31.9 Å². The third-order valence-corrected chi connectivity index (χ3v) is 3.61.